The van der Waals surface area contributed by atoms with Gasteiger partial charge in [-0.25, -0.2) is 0 Å². The molecule has 3 unspecified atom stereocenters. The van der Waals surface area contributed by atoms with Crippen LogP contribution >= 0.6 is 0 Å². The maximum absolute atomic E-state index is 5.81. The minimum Gasteiger partial charge on any atom is -0.325 e. The van der Waals surface area contributed by atoms with E-state index in [1.54, 1.807) is 0 Å². The Bertz CT molecular complexity index is 175. The fourth-order valence-corrected chi connectivity index (χ4v) is 2.89. The van der Waals surface area contributed by atoms with Crippen LogP contribution < -0.4 is 5.73 Å². The predicted octanol–water partition coefficient (Wildman–Crippen LogP) is 1.45. The Hall–Kier alpha value is -0.0800. The van der Waals surface area contributed by atoms with Crippen molar-refractivity contribution < 1.29 is 0 Å². The second-order valence-electron chi connectivity index (χ2n) is 5.05. The Morgan fingerprint density at radius 3 is 2.46 bits per heavy atom. The number of likely N-dealkylation sites (tertiary alicyclic amines) is 1. The molecule has 0 radical (unpaired) electrons. The number of hydrogen-bond donors (Lipinski definition) is 1. The van der Waals surface area contributed by atoms with Crippen molar-refractivity contribution in [1.82, 2.24) is 4.90 Å². The second-order valence-corrected chi connectivity index (χ2v) is 5.05. The molecule has 0 amide bonds. The normalized spacial score (nSPS) is 43.2. The van der Waals surface area contributed by atoms with Gasteiger partial charge in [0.15, 0.2) is 0 Å². The molecule has 1 aliphatic carbocycles. The van der Waals surface area contributed by atoms with Gasteiger partial charge in [0, 0.05) is 25.2 Å². The van der Waals surface area contributed by atoms with Crippen LogP contribution in [0.2, 0.25) is 0 Å². The fraction of sp³-hybridized carbons (Fsp3) is 1.00. The van der Waals surface area contributed by atoms with Gasteiger partial charge in [0.1, 0.15) is 0 Å². The first kappa shape index (κ1) is 9.47. The molecule has 2 aliphatic rings. The van der Waals surface area contributed by atoms with E-state index in [0.717, 1.165) is 31.0 Å². The van der Waals surface area contributed by atoms with Crippen molar-refractivity contribution in [2.45, 2.75) is 45.2 Å². The zero-order chi connectivity index (χ0) is 9.42. The van der Waals surface area contributed by atoms with Gasteiger partial charge in [-0.3, -0.25) is 4.90 Å². The maximum atomic E-state index is 5.81. The van der Waals surface area contributed by atoms with Crippen molar-refractivity contribution in [2.75, 3.05) is 13.1 Å². The Morgan fingerprint density at radius 1 is 1.15 bits per heavy atom. The van der Waals surface area contributed by atoms with Crippen molar-refractivity contribution in [1.29, 1.82) is 0 Å². The standard InChI is InChI=1S/C11H22N2/c1-8-4-3-5-11(9(8)2)13-6-10(12)7-13/h8-11H,3-7,12H2,1-2H3. The highest BCUT2D eigenvalue weighted by atomic mass is 15.2. The zero-order valence-electron chi connectivity index (χ0n) is 8.87. The lowest BCUT2D eigenvalue weighted by Gasteiger charge is -2.48. The Kier molecular flexibility index (Phi) is 2.61. The first-order valence-electron chi connectivity index (χ1n) is 5.68. The van der Waals surface area contributed by atoms with E-state index < -0.39 is 0 Å². The monoisotopic (exact) mass is 182 g/mol. The summed E-state index contributed by atoms with van der Waals surface area (Å²) in [6.07, 6.45) is 4.25. The predicted molar refractivity (Wildman–Crippen MR) is 55.5 cm³/mol. The molecular weight excluding hydrogens is 160 g/mol. The lowest BCUT2D eigenvalue weighted by molar-refractivity contribution is 0.0231. The molecule has 2 fully saturated rings. The third kappa shape index (κ3) is 1.75. The summed E-state index contributed by atoms with van der Waals surface area (Å²) < 4.78 is 0. The van der Waals surface area contributed by atoms with Crippen LogP contribution in [0.5, 0.6) is 0 Å². The van der Waals surface area contributed by atoms with Crippen molar-refractivity contribution >= 4 is 0 Å². The molecule has 76 valence electrons. The second kappa shape index (κ2) is 3.58. The van der Waals surface area contributed by atoms with Crippen LogP contribution in [0.1, 0.15) is 33.1 Å². The molecule has 1 aliphatic heterocycles. The van der Waals surface area contributed by atoms with E-state index in [0.29, 0.717) is 6.04 Å². The molecule has 3 atom stereocenters. The lowest BCUT2D eigenvalue weighted by Crippen LogP contribution is -2.61. The summed E-state index contributed by atoms with van der Waals surface area (Å²) in [5.74, 6) is 1.79. The summed E-state index contributed by atoms with van der Waals surface area (Å²) in [5, 5.41) is 0. The van der Waals surface area contributed by atoms with Gasteiger partial charge in [0.2, 0.25) is 0 Å². The van der Waals surface area contributed by atoms with Crippen LogP contribution in [0.25, 0.3) is 0 Å². The topological polar surface area (TPSA) is 29.3 Å². The number of rotatable bonds is 1. The van der Waals surface area contributed by atoms with E-state index in [4.69, 9.17) is 5.73 Å². The SMILES string of the molecule is CC1CCCC(N2CC(N)C2)C1C. The van der Waals surface area contributed by atoms with Crippen LogP contribution in [0.3, 0.4) is 0 Å². The van der Waals surface area contributed by atoms with Gasteiger partial charge in [0.05, 0.1) is 0 Å². The van der Waals surface area contributed by atoms with E-state index in [-0.39, 0.29) is 0 Å². The fourth-order valence-electron chi connectivity index (χ4n) is 2.89. The molecule has 0 spiro atoms. The van der Waals surface area contributed by atoms with Gasteiger partial charge in [0.25, 0.3) is 0 Å². The molecule has 2 nitrogen and oxygen atoms in total. The molecule has 1 heterocycles. The van der Waals surface area contributed by atoms with E-state index >= 15 is 0 Å². The van der Waals surface area contributed by atoms with E-state index in [1.165, 1.54) is 19.3 Å². The average Bonchev–Trinajstić information content (AvgIpc) is 2.05. The van der Waals surface area contributed by atoms with Crippen molar-refractivity contribution in [2.24, 2.45) is 17.6 Å². The lowest BCUT2D eigenvalue weighted by atomic mass is 9.76. The summed E-state index contributed by atoms with van der Waals surface area (Å²) >= 11 is 0. The minimum absolute atomic E-state index is 0.462. The molecule has 1 saturated carbocycles. The summed E-state index contributed by atoms with van der Waals surface area (Å²) in [6, 6.07) is 1.30. The maximum Gasteiger partial charge on any atom is 0.0297 e. The zero-order valence-corrected chi connectivity index (χ0v) is 8.87. The molecule has 2 N–H and O–H groups in total. The Labute approximate surface area is 81.5 Å². The summed E-state index contributed by atoms with van der Waals surface area (Å²) in [4.78, 5) is 2.59. The summed E-state index contributed by atoms with van der Waals surface area (Å²) in [5.41, 5.74) is 5.81. The molecule has 0 bridgehead atoms. The van der Waals surface area contributed by atoms with Crippen molar-refractivity contribution in [3.63, 3.8) is 0 Å². The highest BCUT2D eigenvalue weighted by Crippen LogP contribution is 2.34. The molecular formula is C11H22N2. The van der Waals surface area contributed by atoms with Gasteiger partial charge in [-0.2, -0.15) is 0 Å². The van der Waals surface area contributed by atoms with Crippen molar-refractivity contribution in [3.05, 3.63) is 0 Å². The van der Waals surface area contributed by atoms with E-state index in [9.17, 15) is 0 Å². The van der Waals surface area contributed by atoms with Gasteiger partial charge in [-0.05, 0) is 18.3 Å². The van der Waals surface area contributed by atoms with Crippen LogP contribution in [-0.4, -0.2) is 30.1 Å². The van der Waals surface area contributed by atoms with Crippen LogP contribution in [0.4, 0.5) is 0 Å². The number of nitrogens with zero attached hydrogens (tertiary/aromatic N) is 1. The molecule has 2 rings (SSSR count). The molecule has 0 aromatic carbocycles. The van der Waals surface area contributed by atoms with Gasteiger partial charge in [-0.1, -0.05) is 26.7 Å². The minimum atomic E-state index is 0.462. The third-order valence-electron chi connectivity index (χ3n) is 4.07. The Morgan fingerprint density at radius 2 is 1.85 bits per heavy atom. The molecule has 2 heteroatoms. The molecule has 0 aromatic heterocycles. The van der Waals surface area contributed by atoms with E-state index in [2.05, 4.69) is 18.7 Å². The van der Waals surface area contributed by atoms with E-state index in [1.807, 2.05) is 0 Å². The molecule has 1 saturated heterocycles. The summed E-state index contributed by atoms with van der Waals surface area (Å²) in [7, 11) is 0. The van der Waals surface area contributed by atoms with Crippen LogP contribution in [0.15, 0.2) is 0 Å². The van der Waals surface area contributed by atoms with Gasteiger partial charge < -0.3 is 5.73 Å². The smallest absolute Gasteiger partial charge is 0.0297 e. The first-order valence-corrected chi connectivity index (χ1v) is 5.68. The van der Waals surface area contributed by atoms with Crippen LogP contribution in [-0.2, 0) is 0 Å². The number of nitrogens with two attached hydrogens (primary N) is 1. The average molecular weight is 182 g/mol. The first-order chi connectivity index (χ1) is 6.18. The molecule has 13 heavy (non-hydrogen) atoms. The van der Waals surface area contributed by atoms with Crippen molar-refractivity contribution in [3.8, 4) is 0 Å². The highest BCUT2D eigenvalue weighted by molar-refractivity contribution is 4.92. The summed E-state index contributed by atoms with van der Waals surface area (Å²) in [6.45, 7) is 7.10. The van der Waals surface area contributed by atoms with Crippen LogP contribution in [0, 0.1) is 11.8 Å². The van der Waals surface area contributed by atoms with Gasteiger partial charge in [-0.15, -0.1) is 0 Å². The highest BCUT2D eigenvalue weighted by Gasteiger charge is 2.36. The largest absolute Gasteiger partial charge is 0.325 e. The van der Waals surface area contributed by atoms with Gasteiger partial charge >= 0.3 is 0 Å². The quantitative estimate of drug-likeness (QED) is 0.665. The Balaban J connectivity index is 1.90. The molecule has 0 aromatic rings. The third-order valence-corrected chi connectivity index (χ3v) is 4.07. The number of hydrogen-bond acceptors (Lipinski definition) is 2.